The molecule has 1 amide bonds. The summed E-state index contributed by atoms with van der Waals surface area (Å²) >= 11 is 1.17. The van der Waals surface area contributed by atoms with Gasteiger partial charge in [0.25, 0.3) is 5.56 Å². The molecule has 0 saturated carbocycles. The molecular weight excluding hydrogens is 442 g/mol. The third kappa shape index (κ3) is 4.10. The zero-order chi connectivity index (χ0) is 22.8. The summed E-state index contributed by atoms with van der Waals surface area (Å²) in [5.74, 6) is 1.57. The standard InChI is InChI=1S/C24H19N3O5S/c1-30-19-9-5-4-8-18(19)27-23(29)16-6-2-3-7-17(16)26-24(27)33-13-22(28)25-15-10-11-20-21(12-15)32-14-31-20/h2-12H,13-14H2,1H3,(H,25,28). The van der Waals surface area contributed by atoms with E-state index in [-0.39, 0.29) is 24.0 Å². The number of para-hydroxylation sites is 3. The lowest BCUT2D eigenvalue weighted by Crippen LogP contribution is -2.23. The maximum Gasteiger partial charge on any atom is 0.266 e. The van der Waals surface area contributed by atoms with Gasteiger partial charge in [-0.25, -0.2) is 4.98 Å². The van der Waals surface area contributed by atoms with Gasteiger partial charge in [0, 0.05) is 11.8 Å². The van der Waals surface area contributed by atoms with Crippen LogP contribution >= 0.6 is 11.8 Å². The van der Waals surface area contributed by atoms with Crippen LogP contribution in [-0.2, 0) is 4.79 Å². The van der Waals surface area contributed by atoms with Crippen molar-refractivity contribution < 1.29 is 19.0 Å². The van der Waals surface area contributed by atoms with Gasteiger partial charge in [-0.2, -0.15) is 0 Å². The van der Waals surface area contributed by atoms with Gasteiger partial charge < -0.3 is 19.5 Å². The fourth-order valence-corrected chi connectivity index (χ4v) is 4.34. The van der Waals surface area contributed by atoms with Crippen LogP contribution in [0.25, 0.3) is 16.6 Å². The van der Waals surface area contributed by atoms with Crippen molar-refractivity contribution in [2.45, 2.75) is 5.16 Å². The highest BCUT2D eigenvalue weighted by atomic mass is 32.2. The maximum absolute atomic E-state index is 13.4. The highest BCUT2D eigenvalue weighted by Gasteiger charge is 2.18. The van der Waals surface area contributed by atoms with Gasteiger partial charge in [-0.05, 0) is 36.4 Å². The summed E-state index contributed by atoms with van der Waals surface area (Å²) in [6.45, 7) is 0.163. The monoisotopic (exact) mass is 461 g/mol. The Bertz CT molecular complexity index is 1420. The summed E-state index contributed by atoms with van der Waals surface area (Å²) < 4.78 is 17.6. The largest absolute Gasteiger partial charge is 0.495 e. The minimum absolute atomic E-state index is 0.0500. The summed E-state index contributed by atoms with van der Waals surface area (Å²) in [5.41, 5.74) is 1.48. The Morgan fingerprint density at radius 2 is 1.88 bits per heavy atom. The number of anilines is 1. The second-order valence-electron chi connectivity index (χ2n) is 7.13. The van der Waals surface area contributed by atoms with Crippen LogP contribution < -0.4 is 25.1 Å². The first-order valence-electron chi connectivity index (χ1n) is 10.1. The van der Waals surface area contributed by atoms with E-state index in [1.807, 2.05) is 18.2 Å². The van der Waals surface area contributed by atoms with Crippen LogP contribution in [0.4, 0.5) is 5.69 Å². The fourth-order valence-electron chi connectivity index (χ4n) is 3.54. The molecule has 0 radical (unpaired) electrons. The van der Waals surface area contributed by atoms with Crippen LogP contribution in [0.3, 0.4) is 0 Å². The van der Waals surface area contributed by atoms with Crippen LogP contribution in [0.2, 0.25) is 0 Å². The molecular formula is C24H19N3O5S. The number of nitrogens with zero attached hydrogens (tertiary/aromatic N) is 2. The number of carbonyl (C=O) groups excluding carboxylic acids is 1. The zero-order valence-corrected chi connectivity index (χ0v) is 18.4. The van der Waals surface area contributed by atoms with Gasteiger partial charge in [-0.3, -0.25) is 14.2 Å². The van der Waals surface area contributed by atoms with Crippen LogP contribution in [0.5, 0.6) is 17.2 Å². The first-order valence-corrected chi connectivity index (χ1v) is 11.1. The van der Waals surface area contributed by atoms with Crippen molar-refractivity contribution in [3.8, 4) is 22.9 Å². The Labute approximate surface area is 193 Å². The number of carbonyl (C=O) groups is 1. The van der Waals surface area contributed by atoms with Gasteiger partial charge >= 0.3 is 0 Å². The van der Waals surface area contributed by atoms with E-state index in [0.29, 0.717) is 44.7 Å². The minimum Gasteiger partial charge on any atom is -0.495 e. The number of rotatable bonds is 6. The van der Waals surface area contributed by atoms with E-state index in [9.17, 15) is 9.59 Å². The minimum atomic E-state index is -0.243. The number of hydrogen-bond acceptors (Lipinski definition) is 7. The van der Waals surface area contributed by atoms with Gasteiger partial charge in [0.15, 0.2) is 16.7 Å². The van der Waals surface area contributed by atoms with E-state index in [1.165, 1.54) is 16.3 Å². The van der Waals surface area contributed by atoms with E-state index < -0.39 is 0 Å². The fraction of sp³-hybridized carbons (Fsp3) is 0.125. The van der Waals surface area contributed by atoms with Crippen molar-refractivity contribution in [1.29, 1.82) is 0 Å². The van der Waals surface area contributed by atoms with Crippen molar-refractivity contribution in [3.05, 3.63) is 77.1 Å². The highest BCUT2D eigenvalue weighted by Crippen LogP contribution is 2.34. The first kappa shape index (κ1) is 20.9. The van der Waals surface area contributed by atoms with Gasteiger partial charge in [-0.1, -0.05) is 36.0 Å². The SMILES string of the molecule is COc1ccccc1-n1c(SCC(=O)Nc2ccc3c(c2)OCO3)nc2ccccc2c1=O. The Balaban J connectivity index is 1.46. The van der Waals surface area contributed by atoms with Crippen molar-refractivity contribution in [1.82, 2.24) is 9.55 Å². The molecule has 4 aromatic rings. The summed E-state index contributed by atoms with van der Waals surface area (Å²) in [4.78, 5) is 30.7. The lowest BCUT2D eigenvalue weighted by molar-refractivity contribution is -0.113. The first-order chi connectivity index (χ1) is 16.1. The molecule has 0 saturated heterocycles. The van der Waals surface area contributed by atoms with E-state index in [2.05, 4.69) is 10.3 Å². The van der Waals surface area contributed by atoms with Crippen molar-refractivity contribution in [3.63, 3.8) is 0 Å². The van der Waals surface area contributed by atoms with Gasteiger partial charge in [0.1, 0.15) is 5.75 Å². The molecule has 0 unspecified atom stereocenters. The lowest BCUT2D eigenvalue weighted by atomic mass is 10.2. The van der Waals surface area contributed by atoms with Gasteiger partial charge in [0.2, 0.25) is 12.7 Å². The summed E-state index contributed by atoms with van der Waals surface area (Å²) in [6.07, 6.45) is 0. The molecule has 8 nitrogen and oxygen atoms in total. The second kappa shape index (κ2) is 8.87. The Hall–Kier alpha value is -3.98. The number of nitrogens with one attached hydrogen (secondary N) is 1. The highest BCUT2D eigenvalue weighted by molar-refractivity contribution is 7.99. The molecule has 0 spiro atoms. The molecule has 0 aliphatic carbocycles. The van der Waals surface area contributed by atoms with Gasteiger partial charge in [-0.15, -0.1) is 0 Å². The maximum atomic E-state index is 13.4. The number of methoxy groups -OCH3 is 1. The van der Waals surface area contributed by atoms with Crippen LogP contribution in [0.1, 0.15) is 0 Å². The van der Waals surface area contributed by atoms with E-state index in [1.54, 1.807) is 55.6 Å². The van der Waals surface area contributed by atoms with Crippen molar-refractivity contribution >= 4 is 34.3 Å². The van der Waals surface area contributed by atoms with Crippen LogP contribution in [0.15, 0.2) is 76.7 Å². The van der Waals surface area contributed by atoms with E-state index in [4.69, 9.17) is 14.2 Å². The molecule has 1 aromatic heterocycles. The molecule has 0 atom stereocenters. The Morgan fingerprint density at radius 1 is 1.09 bits per heavy atom. The zero-order valence-electron chi connectivity index (χ0n) is 17.6. The molecule has 1 aliphatic heterocycles. The third-order valence-electron chi connectivity index (χ3n) is 5.06. The smallest absolute Gasteiger partial charge is 0.266 e. The average molecular weight is 461 g/mol. The lowest BCUT2D eigenvalue weighted by Gasteiger charge is -2.15. The van der Waals surface area contributed by atoms with E-state index in [0.717, 1.165) is 0 Å². The molecule has 166 valence electrons. The summed E-state index contributed by atoms with van der Waals surface area (Å²) in [5, 5.41) is 3.72. The summed E-state index contributed by atoms with van der Waals surface area (Å²) in [7, 11) is 1.55. The predicted octanol–water partition coefficient (Wildman–Crippen LogP) is 3.85. The number of benzene rings is 3. The molecule has 3 aromatic carbocycles. The number of aromatic nitrogens is 2. The number of thioether (sulfide) groups is 1. The van der Waals surface area contributed by atoms with Gasteiger partial charge in [0.05, 0.1) is 29.5 Å². The van der Waals surface area contributed by atoms with Crippen molar-refractivity contribution in [2.75, 3.05) is 25.0 Å². The van der Waals surface area contributed by atoms with Crippen LogP contribution in [-0.4, -0.2) is 35.1 Å². The van der Waals surface area contributed by atoms with E-state index >= 15 is 0 Å². The number of fused-ring (bicyclic) bond motifs is 2. The Morgan fingerprint density at radius 3 is 2.76 bits per heavy atom. The van der Waals surface area contributed by atoms with Crippen molar-refractivity contribution in [2.24, 2.45) is 0 Å². The predicted molar refractivity (Wildman–Crippen MR) is 126 cm³/mol. The molecule has 1 aliphatic rings. The molecule has 9 heteroatoms. The average Bonchev–Trinajstić information content (AvgIpc) is 3.31. The molecule has 5 rings (SSSR count). The molecule has 1 N–H and O–H groups in total. The summed E-state index contributed by atoms with van der Waals surface area (Å²) in [6, 6.07) is 19.5. The molecule has 0 bridgehead atoms. The molecule has 2 heterocycles. The topological polar surface area (TPSA) is 91.7 Å². The normalized spacial score (nSPS) is 12.0. The van der Waals surface area contributed by atoms with Crippen LogP contribution in [0, 0.1) is 0 Å². The number of hydrogen-bond donors (Lipinski definition) is 1. The Kier molecular flexibility index (Phi) is 5.62. The molecule has 33 heavy (non-hydrogen) atoms. The quantitative estimate of drug-likeness (QED) is 0.344. The third-order valence-corrected chi connectivity index (χ3v) is 6.00. The molecule has 0 fully saturated rings. The number of ether oxygens (including phenoxy) is 3. The number of amides is 1. The second-order valence-corrected chi connectivity index (χ2v) is 8.07.